The topological polar surface area (TPSA) is 22.4 Å². The van der Waals surface area contributed by atoms with Gasteiger partial charge in [0, 0.05) is 15.4 Å². The SMILES string of the molecule is Brc1ccc2c(COc3ccccc3)coc2c1. The normalized spacial score (nSPS) is 10.7. The smallest absolute Gasteiger partial charge is 0.135 e. The number of halogens is 1. The van der Waals surface area contributed by atoms with Crippen LogP contribution in [0.3, 0.4) is 0 Å². The molecule has 0 saturated carbocycles. The Bertz CT molecular complexity index is 659. The fraction of sp³-hybridized carbons (Fsp3) is 0.0667. The Labute approximate surface area is 113 Å². The Morgan fingerprint density at radius 2 is 1.89 bits per heavy atom. The average molecular weight is 303 g/mol. The predicted octanol–water partition coefficient (Wildman–Crippen LogP) is 4.77. The van der Waals surface area contributed by atoms with Crippen molar-refractivity contribution < 1.29 is 9.15 Å². The van der Waals surface area contributed by atoms with Crippen LogP contribution in [0.2, 0.25) is 0 Å². The van der Waals surface area contributed by atoms with E-state index in [-0.39, 0.29) is 0 Å². The van der Waals surface area contributed by atoms with Gasteiger partial charge in [-0.3, -0.25) is 0 Å². The first kappa shape index (κ1) is 11.4. The molecule has 18 heavy (non-hydrogen) atoms. The summed E-state index contributed by atoms with van der Waals surface area (Å²) < 4.78 is 12.2. The molecule has 1 heterocycles. The van der Waals surface area contributed by atoms with Crippen LogP contribution in [0, 0.1) is 0 Å². The first-order valence-electron chi connectivity index (χ1n) is 5.66. The van der Waals surface area contributed by atoms with Crippen LogP contribution in [0.1, 0.15) is 5.56 Å². The molecule has 0 atom stereocenters. The van der Waals surface area contributed by atoms with E-state index in [1.54, 1.807) is 6.26 Å². The molecule has 0 aliphatic heterocycles. The maximum absolute atomic E-state index is 5.72. The summed E-state index contributed by atoms with van der Waals surface area (Å²) in [5.74, 6) is 0.865. The monoisotopic (exact) mass is 302 g/mol. The molecular formula is C15H11BrO2. The highest BCUT2D eigenvalue weighted by molar-refractivity contribution is 9.10. The molecule has 3 heteroatoms. The fourth-order valence-electron chi connectivity index (χ4n) is 1.85. The van der Waals surface area contributed by atoms with Gasteiger partial charge in [0.1, 0.15) is 17.9 Å². The first-order chi connectivity index (χ1) is 8.83. The minimum absolute atomic E-state index is 0.513. The third kappa shape index (κ3) is 2.27. The highest BCUT2D eigenvalue weighted by Gasteiger charge is 2.06. The van der Waals surface area contributed by atoms with Gasteiger partial charge in [-0.2, -0.15) is 0 Å². The number of hydrogen-bond acceptors (Lipinski definition) is 2. The van der Waals surface area contributed by atoms with Gasteiger partial charge in [-0.15, -0.1) is 0 Å². The van der Waals surface area contributed by atoms with E-state index in [0.717, 1.165) is 26.8 Å². The Kier molecular flexibility index (Phi) is 3.07. The van der Waals surface area contributed by atoms with Gasteiger partial charge in [0.05, 0.1) is 6.26 Å². The molecule has 0 aliphatic rings. The molecule has 0 bridgehead atoms. The summed E-state index contributed by atoms with van der Waals surface area (Å²) in [4.78, 5) is 0. The van der Waals surface area contributed by atoms with Crippen LogP contribution in [0.4, 0.5) is 0 Å². The summed E-state index contributed by atoms with van der Waals surface area (Å²) in [6.45, 7) is 0.513. The molecule has 0 spiro atoms. The molecule has 0 aliphatic carbocycles. The third-order valence-corrected chi connectivity index (χ3v) is 3.25. The Morgan fingerprint density at radius 3 is 2.72 bits per heavy atom. The van der Waals surface area contributed by atoms with Gasteiger partial charge in [0.2, 0.25) is 0 Å². The van der Waals surface area contributed by atoms with E-state index in [4.69, 9.17) is 9.15 Å². The van der Waals surface area contributed by atoms with E-state index >= 15 is 0 Å². The Morgan fingerprint density at radius 1 is 1.06 bits per heavy atom. The lowest BCUT2D eigenvalue weighted by atomic mass is 10.2. The Balaban J connectivity index is 1.83. The van der Waals surface area contributed by atoms with Gasteiger partial charge in [-0.1, -0.05) is 34.1 Å². The molecule has 3 rings (SSSR count). The second-order valence-corrected chi connectivity index (χ2v) is 4.92. The largest absolute Gasteiger partial charge is 0.489 e. The van der Waals surface area contributed by atoms with Gasteiger partial charge in [0.25, 0.3) is 0 Å². The quantitative estimate of drug-likeness (QED) is 0.695. The molecule has 0 N–H and O–H groups in total. The molecule has 0 radical (unpaired) electrons. The van der Waals surface area contributed by atoms with Crippen LogP contribution in [-0.4, -0.2) is 0 Å². The minimum atomic E-state index is 0.513. The number of hydrogen-bond donors (Lipinski definition) is 0. The van der Waals surface area contributed by atoms with Gasteiger partial charge in [-0.05, 0) is 30.3 Å². The summed E-state index contributed by atoms with van der Waals surface area (Å²) >= 11 is 3.43. The van der Waals surface area contributed by atoms with Crippen molar-refractivity contribution in [2.24, 2.45) is 0 Å². The molecule has 0 fully saturated rings. The third-order valence-electron chi connectivity index (χ3n) is 2.76. The highest BCUT2D eigenvalue weighted by Crippen LogP contribution is 2.25. The van der Waals surface area contributed by atoms with E-state index in [2.05, 4.69) is 15.9 Å². The molecule has 0 saturated heterocycles. The molecule has 2 nitrogen and oxygen atoms in total. The van der Waals surface area contributed by atoms with Crippen LogP contribution in [-0.2, 0) is 6.61 Å². The molecule has 90 valence electrons. The van der Waals surface area contributed by atoms with E-state index in [1.807, 2.05) is 48.5 Å². The van der Waals surface area contributed by atoms with E-state index in [9.17, 15) is 0 Å². The summed E-state index contributed by atoms with van der Waals surface area (Å²) in [5, 5.41) is 1.09. The zero-order valence-corrected chi connectivity index (χ0v) is 11.2. The zero-order valence-electron chi connectivity index (χ0n) is 9.60. The van der Waals surface area contributed by atoms with Crippen molar-refractivity contribution in [3.05, 3.63) is 64.8 Å². The summed E-state index contributed by atoms with van der Waals surface area (Å²) in [5.41, 5.74) is 1.93. The molecule has 0 unspecified atom stereocenters. The molecule has 3 aromatic rings. The van der Waals surface area contributed by atoms with Crippen molar-refractivity contribution >= 4 is 26.9 Å². The molecular weight excluding hydrogens is 292 g/mol. The number of para-hydroxylation sites is 1. The second kappa shape index (κ2) is 4.86. The maximum atomic E-state index is 5.72. The zero-order chi connectivity index (χ0) is 12.4. The lowest BCUT2D eigenvalue weighted by Gasteiger charge is -2.04. The van der Waals surface area contributed by atoms with Crippen molar-refractivity contribution in [1.29, 1.82) is 0 Å². The summed E-state index contributed by atoms with van der Waals surface area (Å²) in [6, 6.07) is 15.8. The van der Waals surface area contributed by atoms with E-state index < -0.39 is 0 Å². The van der Waals surface area contributed by atoms with Crippen LogP contribution < -0.4 is 4.74 Å². The number of ether oxygens (including phenoxy) is 1. The standard InChI is InChI=1S/C15H11BrO2/c16-12-6-7-14-11(10-18-15(14)8-12)9-17-13-4-2-1-3-5-13/h1-8,10H,9H2. The van der Waals surface area contributed by atoms with Crippen LogP contribution in [0.5, 0.6) is 5.75 Å². The van der Waals surface area contributed by atoms with Gasteiger partial charge in [0.15, 0.2) is 0 Å². The average Bonchev–Trinajstić information content (AvgIpc) is 2.80. The number of fused-ring (bicyclic) bond motifs is 1. The fourth-order valence-corrected chi connectivity index (χ4v) is 2.19. The van der Waals surface area contributed by atoms with Gasteiger partial charge >= 0.3 is 0 Å². The van der Waals surface area contributed by atoms with Crippen LogP contribution >= 0.6 is 15.9 Å². The second-order valence-electron chi connectivity index (χ2n) is 4.00. The molecule has 0 amide bonds. The van der Waals surface area contributed by atoms with E-state index in [1.165, 1.54) is 0 Å². The number of furan rings is 1. The number of rotatable bonds is 3. The van der Waals surface area contributed by atoms with E-state index in [0.29, 0.717) is 6.61 Å². The van der Waals surface area contributed by atoms with Gasteiger partial charge in [-0.25, -0.2) is 0 Å². The number of benzene rings is 2. The minimum Gasteiger partial charge on any atom is -0.489 e. The first-order valence-corrected chi connectivity index (χ1v) is 6.46. The molecule has 2 aromatic carbocycles. The lowest BCUT2D eigenvalue weighted by Crippen LogP contribution is -1.93. The summed E-state index contributed by atoms with van der Waals surface area (Å²) in [6.07, 6.45) is 1.75. The van der Waals surface area contributed by atoms with Crippen molar-refractivity contribution in [3.63, 3.8) is 0 Å². The van der Waals surface area contributed by atoms with Crippen LogP contribution in [0.25, 0.3) is 11.0 Å². The predicted molar refractivity (Wildman–Crippen MR) is 74.7 cm³/mol. The highest BCUT2D eigenvalue weighted by atomic mass is 79.9. The maximum Gasteiger partial charge on any atom is 0.135 e. The van der Waals surface area contributed by atoms with Gasteiger partial charge < -0.3 is 9.15 Å². The van der Waals surface area contributed by atoms with Crippen molar-refractivity contribution in [2.75, 3.05) is 0 Å². The van der Waals surface area contributed by atoms with Crippen molar-refractivity contribution in [2.45, 2.75) is 6.61 Å². The van der Waals surface area contributed by atoms with Crippen molar-refractivity contribution in [1.82, 2.24) is 0 Å². The molecule has 1 aromatic heterocycles. The lowest BCUT2D eigenvalue weighted by molar-refractivity contribution is 0.306. The van der Waals surface area contributed by atoms with Crippen molar-refractivity contribution in [3.8, 4) is 5.75 Å². The van der Waals surface area contributed by atoms with Crippen LogP contribution in [0.15, 0.2) is 63.7 Å². The Hall–Kier alpha value is -1.74. The summed E-state index contributed by atoms with van der Waals surface area (Å²) in [7, 11) is 0.